The molecular formula is C10H13ClO2S. The van der Waals surface area contributed by atoms with Crippen LogP contribution in [-0.4, -0.2) is 23.1 Å². The van der Waals surface area contributed by atoms with Gasteiger partial charge < -0.3 is 9.84 Å². The summed E-state index contributed by atoms with van der Waals surface area (Å²) in [5, 5.41) is 10.2. The van der Waals surface area contributed by atoms with Crippen molar-refractivity contribution in [2.24, 2.45) is 0 Å². The average Bonchev–Trinajstić information content (AvgIpc) is 2.15. The first-order valence-corrected chi connectivity index (χ1v) is 5.26. The SMILES string of the molecule is CC(O)(CS)COc1cccc(Cl)c1. The Bertz CT molecular complexity index is 302. The van der Waals surface area contributed by atoms with Crippen LogP contribution in [0, 0.1) is 0 Å². The van der Waals surface area contributed by atoms with Gasteiger partial charge in [-0.1, -0.05) is 17.7 Å². The van der Waals surface area contributed by atoms with E-state index in [9.17, 15) is 5.11 Å². The molecule has 0 aliphatic carbocycles. The van der Waals surface area contributed by atoms with Crippen molar-refractivity contribution in [2.75, 3.05) is 12.4 Å². The number of aliphatic hydroxyl groups is 1. The summed E-state index contributed by atoms with van der Waals surface area (Å²) in [5.41, 5.74) is -0.911. The van der Waals surface area contributed by atoms with Gasteiger partial charge in [0.1, 0.15) is 18.0 Å². The van der Waals surface area contributed by atoms with Crippen molar-refractivity contribution >= 4 is 24.2 Å². The Morgan fingerprint density at radius 3 is 2.86 bits per heavy atom. The van der Waals surface area contributed by atoms with Gasteiger partial charge in [0, 0.05) is 10.8 Å². The maximum absolute atomic E-state index is 9.62. The molecule has 78 valence electrons. The Kier molecular flexibility index (Phi) is 4.11. The molecule has 1 rings (SSSR count). The molecule has 1 unspecified atom stereocenters. The number of hydrogen-bond acceptors (Lipinski definition) is 3. The highest BCUT2D eigenvalue weighted by molar-refractivity contribution is 7.80. The van der Waals surface area contributed by atoms with Crippen LogP contribution >= 0.6 is 24.2 Å². The van der Waals surface area contributed by atoms with Gasteiger partial charge >= 0.3 is 0 Å². The summed E-state index contributed by atoms with van der Waals surface area (Å²) >= 11 is 9.78. The first-order chi connectivity index (χ1) is 6.53. The minimum atomic E-state index is -0.911. The predicted molar refractivity (Wildman–Crippen MR) is 61.4 cm³/mol. The van der Waals surface area contributed by atoms with E-state index in [1.54, 1.807) is 31.2 Å². The first-order valence-electron chi connectivity index (χ1n) is 4.25. The Balaban J connectivity index is 2.54. The zero-order valence-electron chi connectivity index (χ0n) is 7.90. The van der Waals surface area contributed by atoms with Crippen molar-refractivity contribution in [2.45, 2.75) is 12.5 Å². The van der Waals surface area contributed by atoms with Crippen LogP contribution < -0.4 is 4.74 Å². The van der Waals surface area contributed by atoms with Crippen LogP contribution in [0.25, 0.3) is 0 Å². The fraction of sp³-hybridized carbons (Fsp3) is 0.400. The lowest BCUT2D eigenvalue weighted by Crippen LogP contribution is -2.34. The summed E-state index contributed by atoms with van der Waals surface area (Å²) in [4.78, 5) is 0. The third kappa shape index (κ3) is 3.78. The standard InChI is InChI=1S/C10H13ClO2S/c1-10(12,7-14)6-13-9-4-2-3-8(11)5-9/h2-5,12,14H,6-7H2,1H3. The van der Waals surface area contributed by atoms with Gasteiger partial charge in [-0.25, -0.2) is 0 Å². The van der Waals surface area contributed by atoms with Gasteiger partial charge in [-0.3, -0.25) is 0 Å². The summed E-state index contributed by atoms with van der Waals surface area (Å²) < 4.78 is 5.36. The van der Waals surface area contributed by atoms with Gasteiger partial charge in [0.25, 0.3) is 0 Å². The molecule has 0 aliphatic heterocycles. The molecule has 0 saturated heterocycles. The molecule has 0 aliphatic rings. The maximum atomic E-state index is 9.62. The molecule has 0 heterocycles. The van der Waals surface area contributed by atoms with E-state index in [2.05, 4.69) is 12.6 Å². The average molecular weight is 233 g/mol. The summed E-state index contributed by atoms with van der Waals surface area (Å²) in [5.74, 6) is 1.01. The summed E-state index contributed by atoms with van der Waals surface area (Å²) in [6.07, 6.45) is 0. The largest absolute Gasteiger partial charge is 0.491 e. The van der Waals surface area contributed by atoms with Gasteiger partial charge in [0.05, 0.1) is 0 Å². The molecule has 0 aromatic heterocycles. The van der Waals surface area contributed by atoms with E-state index in [1.165, 1.54) is 0 Å². The highest BCUT2D eigenvalue weighted by atomic mass is 35.5. The minimum Gasteiger partial charge on any atom is -0.491 e. The summed E-state index contributed by atoms with van der Waals surface area (Å²) in [6, 6.07) is 7.06. The van der Waals surface area contributed by atoms with Gasteiger partial charge in [-0.2, -0.15) is 12.6 Å². The molecular weight excluding hydrogens is 220 g/mol. The second kappa shape index (κ2) is 4.91. The monoisotopic (exact) mass is 232 g/mol. The Morgan fingerprint density at radius 1 is 1.57 bits per heavy atom. The van der Waals surface area contributed by atoms with E-state index in [0.29, 0.717) is 16.5 Å². The molecule has 0 amide bonds. The van der Waals surface area contributed by atoms with Crippen molar-refractivity contribution in [3.8, 4) is 5.75 Å². The number of benzene rings is 1. The fourth-order valence-corrected chi connectivity index (χ4v) is 1.11. The molecule has 1 atom stereocenters. The van der Waals surface area contributed by atoms with Crippen LogP contribution in [-0.2, 0) is 0 Å². The zero-order valence-corrected chi connectivity index (χ0v) is 9.55. The van der Waals surface area contributed by atoms with Crippen molar-refractivity contribution in [1.29, 1.82) is 0 Å². The van der Waals surface area contributed by atoms with E-state index in [4.69, 9.17) is 16.3 Å². The van der Waals surface area contributed by atoms with Crippen molar-refractivity contribution in [3.63, 3.8) is 0 Å². The van der Waals surface area contributed by atoms with Crippen molar-refractivity contribution in [1.82, 2.24) is 0 Å². The van der Waals surface area contributed by atoms with E-state index >= 15 is 0 Å². The van der Waals surface area contributed by atoms with Crippen LogP contribution in [0.1, 0.15) is 6.92 Å². The summed E-state index contributed by atoms with van der Waals surface area (Å²) in [6.45, 7) is 1.88. The van der Waals surface area contributed by atoms with Crippen LogP contribution in [0.15, 0.2) is 24.3 Å². The second-order valence-electron chi connectivity index (χ2n) is 3.40. The molecule has 0 spiro atoms. The molecule has 0 bridgehead atoms. The normalized spacial score (nSPS) is 14.9. The molecule has 1 N–H and O–H groups in total. The van der Waals surface area contributed by atoms with Crippen LogP contribution in [0.5, 0.6) is 5.75 Å². The van der Waals surface area contributed by atoms with Gasteiger partial charge in [-0.15, -0.1) is 0 Å². The van der Waals surface area contributed by atoms with Gasteiger partial charge in [0.15, 0.2) is 0 Å². The molecule has 14 heavy (non-hydrogen) atoms. The van der Waals surface area contributed by atoms with Gasteiger partial charge in [-0.05, 0) is 25.1 Å². The first kappa shape index (κ1) is 11.7. The third-order valence-corrected chi connectivity index (χ3v) is 2.60. The third-order valence-electron chi connectivity index (χ3n) is 1.69. The van der Waals surface area contributed by atoms with Crippen LogP contribution in [0.4, 0.5) is 0 Å². The Hall–Kier alpha value is -0.380. The predicted octanol–water partition coefficient (Wildman–Crippen LogP) is 2.40. The highest BCUT2D eigenvalue weighted by Gasteiger charge is 2.18. The molecule has 1 aromatic carbocycles. The minimum absolute atomic E-state index is 0.205. The number of thiol groups is 1. The Morgan fingerprint density at radius 2 is 2.29 bits per heavy atom. The van der Waals surface area contributed by atoms with Crippen LogP contribution in [0.2, 0.25) is 5.02 Å². The number of halogens is 1. The topological polar surface area (TPSA) is 29.5 Å². The highest BCUT2D eigenvalue weighted by Crippen LogP contribution is 2.18. The molecule has 2 nitrogen and oxygen atoms in total. The van der Waals surface area contributed by atoms with E-state index in [-0.39, 0.29) is 6.61 Å². The molecule has 1 aromatic rings. The van der Waals surface area contributed by atoms with E-state index < -0.39 is 5.60 Å². The molecule has 0 saturated carbocycles. The molecule has 0 radical (unpaired) electrons. The quantitative estimate of drug-likeness (QED) is 0.781. The number of rotatable bonds is 4. The van der Waals surface area contributed by atoms with E-state index in [0.717, 1.165) is 0 Å². The maximum Gasteiger partial charge on any atom is 0.120 e. The van der Waals surface area contributed by atoms with Gasteiger partial charge in [0.2, 0.25) is 0 Å². The lowest BCUT2D eigenvalue weighted by molar-refractivity contribution is 0.0331. The van der Waals surface area contributed by atoms with E-state index in [1.807, 2.05) is 0 Å². The lowest BCUT2D eigenvalue weighted by atomic mass is 10.1. The lowest BCUT2D eigenvalue weighted by Gasteiger charge is -2.20. The smallest absolute Gasteiger partial charge is 0.120 e. The second-order valence-corrected chi connectivity index (χ2v) is 4.15. The molecule has 4 heteroatoms. The van der Waals surface area contributed by atoms with Crippen molar-refractivity contribution < 1.29 is 9.84 Å². The number of ether oxygens (including phenoxy) is 1. The summed E-state index contributed by atoms with van der Waals surface area (Å²) in [7, 11) is 0. The fourth-order valence-electron chi connectivity index (χ4n) is 0.841. The Labute approximate surface area is 94.3 Å². The molecule has 0 fully saturated rings. The van der Waals surface area contributed by atoms with Crippen LogP contribution in [0.3, 0.4) is 0 Å². The van der Waals surface area contributed by atoms with Crippen molar-refractivity contribution in [3.05, 3.63) is 29.3 Å². The number of hydrogen-bond donors (Lipinski definition) is 2. The zero-order chi connectivity index (χ0) is 10.6.